The molecular weight excluding hydrogens is 432 g/mol. The number of carbonyl (C=O) groups excluding carboxylic acids is 3. The van der Waals surface area contributed by atoms with Crippen molar-refractivity contribution in [2.75, 3.05) is 43.9 Å². The highest BCUT2D eigenvalue weighted by Crippen LogP contribution is 2.35. The number of imide groups is 1. The number of rotatable bonds is 8. The molecule has 2 atom stereocenters. The lowest BCUT2D eigenvalue weighted by atomic mass is 9.85. The molecule has 2 unspecified atom stereocenters. The Hall–Kier alpha value is -2.72. The number of allylic oxidation sites excluding steroid dienone is 2. The fourth-order valence-electron chi connectivity index (χ4n) is 4.24. The number of benzene rings is 1. The van der Waals surface area contributed by atoms with Gasteiger partial charge in [0.1, 0.15) is 6.54 Å². The Kier molecular flexibility index (Phi) is 7.04. The van der Waals surface area contributed by atoms with Crippen LogP contribution in [0.1, 0.15) is 26.7 Å². The second-order valence-corrected chi connectivity index (χ2v) is 10.1. The number of nitrogens with one attached hydrogen (secondary N) is 1. The van der Waals surface area contributed by atoms with Crippen LogP contribution >= 0.6 is 0 Å². The third-order valence-corrected chi connectivity index (χ3v) is 8.01. The lowest BCUT2D eigenvalue weighted by Gasteiger charge is -2.22. The third kappa shape index (κ3) is 4.42. The molecule has 2 aliphatic rings. The lowest BCUT2D eigenvalue weighted by molar-refractivity contribution is -0.142. The van der Waals surface area contributed by atoms with Crippen LogP contribution in [0.4, 0.5) is 11.4 Å². The molecule has 1 fully saturated rings. The van der Waals surface area contributed by atoms with Gasteiger partial charge in [-0.05, 0) is 31.0 Å². The van der Waals surface area contributed by atoms with E-state index in [1.165, 1.54) is 16.4 Å². The van der Waals surface area contributed by atoms with Crippen molar-refractivity contribution >= 4 is 39.1 Å². The standard InChI is InChI=1S/C22H30N4O5S/c1-5-25(6-2)32(30,31)15-11-12-19(24(3)4)18(13-15)23-20(27)14-26-21(28)16-9-7-8-10-17(16)22(26)29/h7-8,11-13,16-17H,5-6,9-10,14H2,1-4H3,(H,23,27). The molecule has 0 saturated carbocycles. The summed E-state index contributed by atoms with van der Waals surface area (Å²) in [4.78, 5) is 40.9. The van der Waals surface area contributed by atoms with Gasteiger partial charge in [-0.2, -0.15) is 4.31 Å². The Balaban J connectivity index is 1.83. The van der Waals surface area contributed by atoms with Crippen molar-refractivity contribution < 1.29 is 22.8 Å². The van der Waals surface area contributed by atoms with E-state index in [1.807, 2.05) is 12.2 Å². The fourth-order valence-corrected chi connectivity index (χ4v) is 5.72. The highest BCUT2D eigenvalue weighted by molar-refractivity contribution is 7.89. The second kappa shape index (κ2) is 9.41. The smallest absolute Gasteiger partial charge is 0.244 e. The zero-order chi connectivity index (χ0) is 23.6. The zero-order valence-corrected chi connectivity index (χ0v) is 19.7. The van der Waals surface area contributed by atoms with Gasteiger partial charge in [0.05, 0.1) is 28.1 Å². The summed E-state index contributed by atoms with van der Waals surface area (Å²) in [5, 5.41) is 2.70. The van der Waals surface area contributed by atoms with Crippen LogP contribution in [0, 0.1) is 11.8 Å². The van der Waals surface area contributed by atoms with Crippen LogP contribution in [0.3, 0.4) is 0 Å². The van der Waals surface area contributed by atoms with Crippen molar-refractivity contribution in [1.82, 2.24) is 9.21 Å². The Morgan fingerprint density at radius 3 is 2.12 bits per heavy atom. The van der Waals surface area contributed by atoms with Crippen LogP contribution in [-0.2, 0) is 24.4 Å². The first-order valence-corrected chi connectivity index (χ1v) is 12.2. The van der Waals surface area contributed by atoms with Gasteiger partial charge in [-0.25, -0.2) is 8.42 Å². The first kappa shape index (κ1) is 23.9. The summed E-state index contributed by atoms with van der Waals surface area (Å²) in [5.41, 5.74) is 0.903. The number of likely N-dealkylation sites (tertiary alicyclic amines) is 1. The predicted molar refractivity (Wildman–Crippen MR) is 122 cm³/mol. The summed E-state index contributed by atoms with van der Waals surface area (Å²) >= 11 is 0. The van der Waals surface area contributed by atoms with Gasteiger partial charge in [-0.15, -0.1) is 0 Å². The van der Waals surface area contributed by atoms with E-state index < -0.39 is 34.3 Å². The molecule has 0 aromatic heterocycles. The molecule has 0 bridgehead atoms. The van der Waals surface area contributed by atoms with E-state index in [0.717, 1.165) is 4.90 Å². The molecule has 174 valence electrons. The molecule has 1 aliphatic heterocycles. The Morgan fingerprint density at radius 1 is 1.06 bits per heavy atom. The average Bonchev–Trinajstić information content (AvgIpc) is 2.99. The van der Waals surface area contributed by atoms with Crippen LogP contribution in [0.25, 0.3) is 0 Å². The number of nitrogens with zero attached hydrogens (tertiary/aromatic N) is 3. The fraction of sp³-hybridized carbons (Fsp3) is 0.500. The van der Waals surface area contributed by atoms with Gasteiger partial charge >= 0.3 is 0 Å². The van der Waals surface area contributed by atoms with Crippen LogP contribution in [0.15, 0.2) is 35.2 Å². The molecule has 1 aliphatic carbocycles. The topological polar surface area (TPSA) is 107 Å². The van der Waals surface area contributed by atoms with Gasteiger partial charge in [0.2, 0.25) is 27.7 Å². The highest BCUT2D eigenvalue weighted by atomic mass is 32.2. The molecule has 3 amide bonds. The highest BCUT2D eigenvalue weighted by Gasteiger charge is 2.47. The summed E-state index contributed by atoms with van der Waals surface area (Å²) < 4.78 is 27.2. The lowest BCUT2D eigenvalue weighted by Crippen LogP contribution is -2.38. The minimum Gasteiger partial charge on any atom is -0.376 e. The molecule has 1 saturated heterocycles. The largest absolute Gasteiger partial charge is 0.376 e. The molecule has 0 spiro atoms. The van der Waals surface area contributed by atoms with Crippen molar-refractivity contribution in [2.45, 2.75) is 31.6 Å². The minimum absolute atomic E-state index is 0.0625. The van der Waals surface area contributed by atoms with Gasteiger partial charge in [-0.1, -0.05) is 26.0 Å². The number of fused-ring (bicyclic) bond motifs is 1. The quantitative estimate of drug-likeness (QED) is 0.465. The van der Waals surface area contributed by atoms with E-state index in [1.54, 1.807) is 38.9 Å². The SMILES string of the molecule is CCN(CC)S(=O)(=O)c1ccc(N(C)C)c(NC(=O)CN2C(=O)C3CC=CCC3C2=O)c1. The van der Waals surface area contributed by atoms with E-state index >= 15 is 0 Å². The number of hydrogen-bond acceptors (Lipinski definition) is 6. The summed E-state index contributed by atoms with van der Waals surface area (Å²) in [6, 6.07) is 4.54. The molecule has 32 heavy (non-hydrogen) atoms. The second-order valence-electron chi connectivity index (χ2n) is 8.13. The molecule has 3 rings (SSSR count). The number of hydrogen-bond donors (Lipinski definition) is 1. The van der Waals surface area contributed by atoms with Gasteiger partial charge < -0.3 is 10.2 Å². The maximum atomic E-state index is 12.9. The first-order chi connectivity index (χ1) is 15.1. The van der Waals surface area contributed by atoms with Gasteiger partial charge in [0, 0.05) is 27.2 Å². The average molecular weight is 463 g/mol. The van der Waals surface area contributed by atoms with Crippen molar-refractivity contribution in [3.05, 3.63) is 30.4 Å². The maximum absolute atomic E-state index is 12.9. The van der Waals surface area contributed by atoms with Crippen molar-refractivity contribution in [2.24, 2.45) is 11.8 Å². The normalized spacial score (nSPS) is 20.6. The number of amides is 3. The van der Waals surface area contributed by atoms with Crippen LogP contribution < -0.4 is 10.2 Å². The number of carbonyl (C=O) groups is 3. The Bertz CT molecular complexity index is 1020. The van der Waals surface area contributed by atoms with Crippen molar-refractivity contribution in [3.8, 4) is 0 Å². The summed E-state index contributed by atoms with van der Waals surface area (Å²) in [6.07, 6.45) is 4.79. The van der Waals surface area contributed by atoms with E-state index in [0.29, 0.717) is 37.3 Å². The van der Waals surface area contributed by atoms with Gasteiger partial charge in [0.15, 0.2) is 0 Å². The molecular formula is C22H30N4O5S. The van der Waals surface area contributed by atoms with Crippen LogP contribution in [-0.4, -0.2) is 69.1 Å². The number of anilines is 2. The molecule has 1 aromatic carbocycles. The predicted octanol–water partition coefficient (Wildman–Crippen LogP) is 1.67. The molecule has 1 heterocycles. The maximum Gasteiger partial charge on any atom is 0.244 e. The Labute approximate surface area is 189 Å². The molecule has 10 heteroatoms. The molecule has 1 aromatic rings. The number of sulfonamides is 1. The van der Waals surface area contributed by atoms with Crippen LogP contribution in [0.2, 0.25) is 0 Å². The van der Waals surface area contributed by atoms with E-state index in [-0.39, 0.29) is 16.7 Å². The van der Waals surface area contributed by atoms with Gasteiger partial charge in [0.25, 0.3) is 0 Å². The summed E-state index contributed by atoms with van der Waals surface area (Å²) in [5.74, 6) is -2.02. The molecule has 1 N–H and O–H groups in total. The van der Waals surface area contributed by atoms with Crippen LogP contribution in [0.5, 0.6) is 0 Å². The summed E-state index contributed by atoms with van der Waals surface area (Å²) in [7, 11) is -0.173. The van der Waals surface area contributed by atoms with Gasteiger partial charge in [-0.3, -0.25) is 19.3 Å². The zero-order valence-electron chi connectivity index (χ0n) is 18.9. The summed E-state index contributed by atoms with van der Waals surface area (Å²) in [6.45, 7) is 3.77. The first-order valence-electron chi connectivity index (χ1n) is 10.7. The van der Waals surface area contributed by atoms with E-state index in [2.05, 4.69) is 5.32 Å². The van der Waals surface area contributed by atoms with E-state index in [9.17, 15) is 22.8 Å². The molecule has 9 nitrogen and oxygen atoms in total. The van der Waals surface area contributed by atoms with Crippen molar-refractivity contribution in [3.63, 3.8) is 0 Å². The Morgan fingerprint density at radius 2 is 1.62 bits per heavy atom. The monoisotopic (exact) mass is 462 g/mol. The molecule has 0 radical (unpaired) electrons. The van der Waals surface area contributed by atoms with E-state index in [4.69, 9.17) is 0 Å². The third-order valence-electron chi connectivity index (χ3n) is 5.97. The minimum atomic E-state index is -3.72. The van der Waals surface area contributed by atoms with Crippen molar-refractivity contribution in [1.29, 1.82) is 0 Å².